The van der Waals surface area contributed by atoms with Gasteiger partial charge in [-0.25, -0.2) is 4.98 Å². The second kappa shape index (κ2) is 12.3. The molecule has 1 aliphatic rings. The molecule has 4 aromatic rings. The average Bonchev–Trinajstić information content (AvgIpc) is 3.35. The van der Waals surface area contributed by atoms with E-state index in [-0.39, 0.29) is 18.1 Å². The molecule has 10 heteroatoms. The van der Waals surface area contributed by atoms with Crippen molar-refractivity contribution in [1.82, 2.24) is 19.9 Å². The number of imidazole rings is 1. The van der Waals surface area contributed by atoms with E-state index < -0.39 is 11.7 Å². The van der Waals surface area contributed by atoms with Crippen molar-refractivity contribution >= 4 is 34.3 Å². The van der Waals surface area contributed by atoms with Crippen LogP contribution in [0.2, 0.25) is 5.02 Å². The van der Waals surface area contributed by atoms with Gasteiger partial charge in [0, 0.05) is 17.8 Å². The first-order valence-corrected chi connectivity index (χ1v) is 14.7. The minimum Gasteiger partial charge on any atom is -0.459 e. The molecule has 222 valence electrons. The number of benzene rings is 2. The third-order valence-electron chi connectivity index (χ3n) is 7.55. The Labute approximate surface area is 250 Å². The van der Waals surface area contributed by atoms with Gasteiger partial charge in [0.1, 0.15) is 17.0 Å². The first-order chi connectivity index (χ1) is 20.0. The zero-order chi connectivity index (χ0) is 30.0. The Morgan fingerprint density at radius 3 is 2.69 bits per heavy atom. The quantitative estimate of drug-likeness (QED) is 0.198. The van der Waals surface area contributed by atoms with Crippen molar-refractivity contribution in [2.75, 3.05) is 31.5 Å². The Hall–Kier alpha value is -3.66. The highest BCUT2D eigenvalue weighted by molar-refractivity contribution is 6.30. The fourth-order valence-electron chi connectivity index (χ4n) is 5.55. The van der Waals surface area contributed by atoms with Crippen LogP contribution in [0.15, 0.2) is 53.5 Å². The summed E-state index contributed by atoms with van der Waals surface area (Å²) in [5.74, 6) is 0.631. The van der Waals surface area contributed by atoms with E-state index >= 15 is 0 Å². The summed E-state index contributed by atoms with van der Waals surface area (Å²) >= 11 is 6.08. The summed E-state index contributed by atoms with van der Waals surface area (Å²) < 4.78 is 5.48. The maximum atomic E-state index is 13.0. The molecule has 1 aliphatic heterocycles. The van der Waals surface area contributed by atoms with Crippen LogP contribution < -0.4 is 10.9 Å². The number of rotatable bonds is 8. The Morgan fingerprint density at radius 1 is 1.21 bits per heavy atom. The van der Waals surface area contributed by atoms with Crippen molar-refractivity contribution in [3.63, 3.8) is 0 Å². The third kappa shape index (κ3) is 7.03. The minimum atomic E-state index is -0.813. The maximum absolute atomic E-state index is 13.0. The van der Waals surface area contributed by atoms with E-state index in [9.17, 15) is 14.7 Å². The number of aliphatic hydroxyl groups is 1. The first-order valence-electron chi connectivity index (χ1n) is 14.3. The third-order valence-corrected chi connectivity index (χ3v) is 7.78. The number of nitrogens with zero attached hydrogens (tertiary/aromatic N) is 2. The van der Waals surface area contributed by atoms with Gasteiger partial charge in [0.15, 0.2) is 0 Å². The summed E-state index contributed by atoms with van der Waals surface area (Å²) in [6, 6.07) is 13.1. The molecule has 1 fully saturated rings. The lowest BCUT2D eigenvalue weighted by Crippen LogP contribution is -2.39. The minimum absolute atomic E-state index is 0.187. The largest absolute Gasteiger partial charge is 0.459 e. The number of carbonyl (C=O) groups is 1. The molecule has 0 radical (unpaired) electrons. The molecule has 0 saturated carbocycles. The predicted molar refractivity (Wildman–Crippen MR) is 166 cm³/mol. The van der Waals surface area contributed by atoms with Crippen LogP contribution in [0.1, 0.15) is 62.3 Å². The molecule has 0 amide bonds. The van der Waals surface area contributed by atoms with Gasteiger partial charge >= 0.3 is 5.97 Å². The number of piperidine rings is 1. The van der Waals surface area contributed by atoms with Crippen LogP contribution in [0.4, 0.5) is 5.69 Å². The summed E-state index contributed by atoms with van der Waals surface area (Å²) in [6.07, 6.45) is 2.64. The highest BCUT2D eigenvalue weighted by atomic mass is 35.5. The second-order valence-corrected chi connectivity index (χ2v) is 12.4. The van der Waals surface area contributed by atoms with E-state index in [1.54, 1.807) is 36.5 Å². The summed E-state index contributed by atoms with van der Waals surface area (Å²) in [5.41, 5.74) is 4.78. The van der Waals surface area contributed by atoms with Crippen molar-refractivity contribution < 1.29 is 14.6 Å². The number of aliphatic hydroxyl groups excluding tert-OH is 1. The number of ether oxygens (including phenoxy) is 1. The van der Waals surface area contributed by atoms with Gasteiger partial charge in [-0.05, 0) is 100 Å². The van der Waals surface area contributed by atoms with Gasteiger partial charge in [-0.1, -0.05) is 29.8 Å². The molecule has 2 aromatic heterocycles. The molecule has 0 spiro atoms. The number of aryl methyl sites for hydroxylation is 1. The molecular weight excluding hydrogens is 554 g/mol. The van der Waals surface area contributed by atoms with Crippen LogP contribution in [0, 0.1) is 6.92 Å². The van der Waals surface area contributed by atoms with Gasteiger partial charge < -0.3 is 25.1 Å². The molecular formula is C32H38ClN5O4. The van der Waals surface area contributed by atoms with Crippen LogP contribution in [0.5, 0.6) is 0 Å². The average molecular weight is 592 g/mol. The van der Waals surface area contributed by atoms with Gasteiger partial charge in [0.25, 0.3) is 5.56 Å². The summed E-state index contributed by atoms with van der Waals surface area (Å²) in [5, 5.41) is 14.4. The van der Waals surface area contributed by atoms with Crippen LogP contribution >= 0.6 is 11.6 Å². The van der Waals surface area contributed by atoms with Crippen molar-refractivity contribution in [3.05, 3.63) is 80.7 Å². The monoisotopic (exact) mass is 591 g/mol. The van der Waals surface area contributed by atoms with Crippen molar-refractivity contribution in [2.24, 2.45) is 0 Å². The predicted octanol–water partition coefficient (Wildman–Crippen LogP) is 5.55. The van der Waals surface area contributed by atoms with E-state index in [2.05, 4.69) is 32.3 Å². The highest BCUT2D eigenvalue weighted by Crippen LogP contribution is 2.33. The fourth-order valence-corrected chi connectivity index (χ4v) is 5.75. The van der Waals surface area contributed by atoms with Crippen molar-refractivity contribution in [3.8, 4) is 11.4 Å². The number of H-pyrrole nitrogens is 2. The number of nitrogens with one attached hydrogen (secondary N) is 3. The zero-order valence-corrected chi connectivity index (χ0v) is 25.2. The van der Waals surface area contributed by atoms with Crippen LogP contribution in [0.3, 0.4) is 0 Å². The standard InChI is InChI=1S/C32H38ClN5O4/c1-19-14-22(20-9-12-38(13-10-20)18-27(40)42-32(2,3)4)16-25-29(19)37-30(36-25)28-24(8-11-34-31(28)41)35-17-26(39)21-6-5-7-23(33)15-21/h5-8,11,14-16,20,26,39H,9-10,12-13,17-18H2,1-4H3,(H,36,37)(H2,34,35,41)/t26-/m1/s1. The van der Waals surface area contributed by atoms with Crippen molar-refractivity contribution in [1.29, 1.82) is 0 Å². The van der Waals surface area contributed by atoms with Crippen LogP contribution in [0.25, 0.3) is 22.4 Å². The van der Waals surface area contributed by atoms with E-state index in [4.69, 9.17) is 21.3 Å². The van der Waals surface area contributed by atoms with Gasteiger partial charge in [-0.3, -0.25) is 14.5 Å². The van der Waals surface area contributed by atoms with E-state index in [1.807, 2.05) is 27.7 Å². The molecule has 0 bridgehead atoms. The number of esters is 1. The van der Waals surface area contributed by atoms with E-state index in [0.29, 0.717) is 40.1 Å². The van der Waals surface area contributed by atoms with Gasteiger partial charge in [-0.2, -0.15) is 0 Å². The maximum Gasteiger partial charge on any atom is 0.320 e. The van der Waals surface area contributed by atoms with Gasteiger partial charge in [-0.15, -0.1) is 0 Å². The summed E-state index contributed by atoms with van der Waals surface area (Å²) in [4.78, 5) is 38.3. The lowest BCUT2D eigenvalue weighted by Gasteiger charge is -2.32. The number of fused-ring (bicyclic) bond motifs is 1. The topological polar surface area (TPSA) is 123 Å². The number of aromatic nitrogens is 3. The lowest BCUT2D eigenvalue weighted by molar-refractivity contribution is -0.156. The van der Waals surface area contributed by atoms with Gasteiger partial charge in [0.2, 0.25) is 0 Å². The second-order valence-electron chi connectivity index (χ2n) is 12.0. The number of aromatic amines is 2. The van der Waals surface area contributed by atoms with Crippen LogP contribution in [-0.4, -0.2) is 62.7 Å². The van der Waals surface area contributed by atoms with E-state index in [0.717, 1.165) is 42.5 Å². The zero-order valence-electron chi connectivity index (χ0n) is 24.5. The first kappa shape index (κ1) is 29.8. The van der Waals surface area contributed by atoms with E-state index in [1.165, 1.54) is 5.56 Å². The van der Waals surface area contributed by atoms with Crippen LogP contribution in [-0.2, 0) is 9.53 Å². The Morgan fingerprint density at radius 2 is 1.98 bits per heavy atom. The SMILES string of the molecule is Cc1cc(C2CCN(CC(=O)OC(C)(C)C)CC2)cc2[nH]c(-c3c(NC[C@@H](O)c4cccc(Cl)c4)cc[nH]c3=O)nc12. The van der Waals surface area contributed by atoms with Crippen molar-refractivity contribution in [2.45, 2.75) is 58.2 Å². The Bertz CT molecular complexity index is 1630. The number of hydrogen-bond donors (Lipinski definition) is 4. The molecule has 0 unspecified atom stereocenters. The number of pyridine rings is 1. The number of halogens is 1. The highest BCUT2D eigenvalue weighted by Gasteiger charge is 2.25. The molecule has 1 atom stereocenters. The Kier molecular flexibility index (Phi) is 8.73. The summed E-state index contributed by atoms with van der Waals surface area (Å²) in [6.45, 7) is 9.83. The molecule has 0 aliphatic carbocycles. The molecule has 1 saturated heterocycles. The number of anilines is 1. The molecule has 5 rings (SSSR count). The number of hydrogen-bond acceptors (Lipinski definition) is 7. The molecule has 2 aromatic carbocycles. The fraction of sp³-hybridized carbons (Fsp3) is 0.406. The molecule has 3 heterocycles. The number of carbonyl (C=O) groups excluding carboxylic acids is 1. The summed E-state index contributed by atoms with van der Waals surface area (Å²) in [7, 11) is 0. The molecule has 42 heavy (non-hydrogen) atoms. The molecule has 9 nitrogen and oxygen atoms in total. The Balaban J connectivity index is 1.32. The molecule has 4 N–H and O–H groups in total. The smallest absolute Gasteiger partial charge is 0.320 e. The lowest BCUT2D eigenvalue weighted by atomic mass is 9.88. The van der Waals surface area contributed by atoms with Gasteiger partial charge in [0.05, 0.1) is 29.4 Å². The normalized spacial score (nSPS) is 15.6. The number of likely N-dealkylation sites (tertiary alicyclic amines) is 1.